The number of carbonyl (C=O) groups excluding carboxylic acids is 3. The molecule has 1 N–H and O–H groups in total. The number of benzene rings is 2. The largest absolute Gasteiger partial charge is 0.486 e. The van der Waals surface area contributed by atoms with E-state index in [1.165, 1.54) is 23.3 Å². The maximum absolute atomic E-state index is 14.1. The van der Waals surface area contributed by atoms with E-state index in [4.69, 9.17) is 14.2 Å². The molecule has 9 heteroatoms. The molecule has 2 aromatic carbocycles. The lowest BCUT2D eigenvalue weighted by molar-refractivity contribution is -0.152. The van der Waals surface area contributed by atoms with Crippen LogP contribution in [0.2, 0.25) is 0 Å². The molecule has 2 fully saturated rings. The highest BCUT2D eigenvalue weighted by molar-refractivity contribution is 7.10. The van der Waals surface area contributed by atoms with Gasteiger partial charge in [0.05, 0.1) is 30.7 Å². The number of imide groups is 1. The van der Waals surface area contributed by atoms with Crippen molar-refractivity contribution in [3.8, 4) is 11.5 Å². The fourth-order valence-electron chi connectivity index (χ4n) is 5.48. The number of esters is 1. The first-order valence-corrected chi connectivity index (χ1v) is 12.2. The van der Waals surface area contributed by atoms with Gasteiger partial charge >= 0.3 is 5.97 Å². The number of methoxy groups -OCH3 is 1. The molecule has 0 spiro atoms. The molecule has 6 rings (SSSR count). The van der Waals surface area contributed by atoms with Crippen molar-refractivity contribution < 1.29 is 28.6 Å². The minimum absolute atomic E-state index is 0.371. The van der Waals surface area contributed by atoms with Gasteiger partial charge in [0.2, 0.25) is 11.8 Å². The SMILES string of the molecule is COC(=O)[C@]1(c2ccccc2)N[C@H](c2cccs2)[C@H]2C(=O)N(c3ccc4c(c3)OCCO4)C(=O)[C@H]21. The first-order valence-electron chi connectivity index (χ1n) is 11.3. The number of fused-ring (bicyclic) bond motifs is 2. The zero-order valence-electron chi connectivity index (χ0n) is 18.8. The van der Waals surface area contributed by atoms with Gasteiger partial charge in [-0.15, -0.1) is 11.3 Å². The van der Waals surface area contributed by atoms with E-state index >= 15 is 0 Å². The summed E-state index contributed by atoms with van der Waals surface area (Å²) in [5, 5.41) is 5.29. The maximum Gasteiger partial charge on any atom is 0.331 e. The molecule has 178 valence electrons. The van der Waals surface area contributed by atoms with Crippen molar-refractivity contribution in [1.29, 1.82) is 0 Å². The summed E-state index contributed by atoms with van der Waals surface area (Å²) in [4.78, 5) is 43.6. The molecule has 0 unspecified atom stereocenters. The van der Waals surface area contributed by atoms with Crippen molar-refractivity contribution >= 4 is 34.8 Å². The third kappa shape index (κ3) is 3.11. The summed E-state index contributed by atoms with van der Waals surface area (Å²) in [5.74, 6) is -2.20. The van der Waals surface area contributed by atoms with Gasteiger partial charge in [0.15, 0.2) is 17.0 Å². The van der Waals surface area contributed by atoms with Gasteiger partial charge in [-0.3, -0.25) is 14.9 Å². The molecule has 35 heavy (non-hydrogen) atoms. The number of amides is 2. The summed E-state index contributed by atoms with van der Waals surface area (Å²) >= 11 is 1.47. The Balaban J connectivity index is 1.52. The fraction of sp³-hybridized carbons (Fsp3) is 0.269. The number of nitrogens with zero attached hydrogens (tertiary/aromatic N) is 1. The molecule has 2 saturated heterocycles. The van der Waals surface area contributed by atoms with Gasteiger partial charge in [-0.2, -0.15) is 0 Å². The Kier molecular flexibility index (Phi) is 5.12. The Morgan fingerprint density at radius 3 is 2.51 bits per heavy atom. The zero-order valence-corrected chi connectivity index (χ0v) is 19.6. The van der Waals surface area contributed by atoms with E-state index in [2.05, 4.69) is 5.32 Å². The van der Waals surface area contributed by atoms with E-state index in [1.54, 1.807) is 42.5 Å². The van der Waals surface area contributed by atoms with Crippen molar-refractivity contribution in [3.63, 3.8) is 0 Å². The highest BCUT2D eigenvalue weighted by Gasteiger charge is 2.70. The van der Waals surface area contributed by atoms with Gasteiger partial charge in [-0.05, 0) is 29.1 Å². The third-order valence-corrected chi connectivity index (χ3v) is 7.89. The molecule has 2 amide bonds. The number of ether oxygens (including phenoxy) is 3. The van der Waals surface area contributed by atoms with E-state index < -0.39 is 35.3 Å². The molecule has 4 heterocycles. The molecule has 0 aliphatic carbocycles. The maximum atomic E-state index is 14.1. The first kappa shape index (κ1) is 21.8. The number of hydrogen-bond donors (Lipinski definition) is 1. The van der Waals surface area contributed by atoms with Crippen LogP contribution in [0.15, 0.2) is 66.0 Å². The number of carbonyl (C=O) groups is 3. The van der Waals surface area contributed by atoms with Crippen LogP contribution in [0.3, 0.4) is 0 Å². The zero-order chi connectivity index (χ0) is 24.2. The quantitative estimate of drug-likeness (QED) is 0.444. The predicted octanol–water partition coefficient (Wildman–Crippen LogP) is 3.04. The smallest absolute Gasteiger partial charge is 0.331 e. The van der Waals surface area contributed by atoms with Gasteiger partial charge in [-0.1, -0.05) is 36.4 Å². The number of nitrogens with one attached hydrogen (secondary N) is 1. The van der Waals surface area contributed by atoms with Crippen LogP contribution in [-0.2, 0) is 24.7 Å². The lowest BCUT2D eigenvalue weighted by atomic mass is 9.75. The minimum Gasteiger partial charge on any atom is -0.486 e. The summed E-state index contributed by atoms with van der Waals surface area (Å²) in [6.45, 7) is 0.818. The van der Waals surface area contributed by atoms with Crippen molar-refractivity contribution in [1.82, 2.24) is 5.32 Å². The highest BCUT2D eigenvalue weighted by Crippen LogP contribution is 2.55. The summed E-state index contributed by atoms with van der Waals surface area (Å²) in [6.07, 6.45) is 0. The summed E-state index contributed by atoms with van der Waals surface area (Å²) in [6, 6.07) is 17.2. The molecule has 0 saturated carbocycles. The average Bonchev–Trinajstić information content (AvgIpc) is 3.61. The normalized spacial score (nSPS) is 27.1. The van der Waals surface area contributed by atoms with Crippen LogP contribution in [0.1, 0.15) is 16.5 Å². The van der Waals surface area contributed by atoms with Crippen LogP contribution in [0.5, 0.6) is 11.5 Å². The second-order valence-electron chi connectivity index (χ2n) is 8.65. The van der Waals surface area contributed by atoms with Gasteiger partial charge in [0.1, 0.15) is 13.2 Å². The summed E-state index contributed by atoms with van der Waals surface area (Å²) < 4.78 is 16.5. The van der Waals surface area contributed by atoms with Crippen molar-refractivity contribution in [2.75, 3.05) is 25.2 Å². The molecular formula is C26H22N2O6S. The van der Waals surface area contributed by atoms with E-state index in [-0.39, 0.29) is 5.91 Å². The van der Waals surface area contributed by atoms with E-state index in [9.17, 15) is 14.4 Å². The minimum atomic E-state index is -1.52. The molecule has 4 atom stereocenters. The molecule has 3 aliphatic rings. The summed E-state index contributed by atoms with van der Waals surface area (Å²) in [7, 11) is 1.29. The standard InChI is InChI=1S/C26H22N2O6S/c1-32-25(31)26(15-6-3-2-4-7-15)21-20(22(27-26)19-8-5-13-35-19)23(29)28(24(21)30)16-9-10-17-18(14-16)34-12-11-33-17/h2-10,13-14,20-22,27H,11-12H2,1H3/t20-,21-,22+,26+/m0/s1. The topological polar surface area (TPSA) is 94.2 Å². The lowest BCUT2D eigenvalue weighted by Gasteiger charge is -2.33. The van der Waals surface area contributed by atoms with E-state index in [0.29, 0.717) is 36.0 Å². The van der Waals surface area contributed by atoms with Gasteiger partial charge in [0, 0.05) is 10.9 Å². The second kappa shape index (κ2) is 8.21. The number of thiophene rings is 1. The van der Waals surface area contributed by atoms with Crippen molar-refractivity contribution in [3.05, 3.63) is 76.5 Å². The first-order chi connectivity index (χ1) is 17.1. The van der Waals surface area contributed by atoms with Crippen molar-refractivity contribution in [2.45, 2.75) is 11.6 Å². The highest BCUT2D eigenvalue weighted by atomic mass is 32.1. The molecule has 1 aromatic heterocycles. The number of hydrogen-bond acceptors (Lipinski definition) is 8. The van der Waals surface area contributed by atoms with Gasteiger partial charge in [0.25, 0.3) is 0 Å². The Labute approximate surface area is 205 Å². The van der Waals surface area contributed by atoms with E-state index in [0.717, 1.165) is 4.88 Å². The Hall–Kier alpha value is -3.69. The monoisotopic (exact) mass is 490 g/mol. The van der Waals surface area contributed by atoms with Crippen LogP contribution >= 0.6 is 11.3 Å². The molecular weight excluding hydrogens is 468 g/mol. The average molecular weight is 491 g/mol. The van der Waals surface area contributed by atoms with Crippen LogP contribution in [0.4, 0.5) is 5.69 Å². The molecule has 0 radical (unpaired) electrons. The lowest BCUT2D eigenvalue weighted by Crippen LogP contribution is -2.53. The van der Waals surface area contributed by atoms with Gasteiger partial charge < -0.3 is 14.2 Å². The summed E-state index contributed by atoms with van der Waals surface area (Å²) in [5.41, 5.74) is -0.563. The van der Waals surface area contributed by atoms with Crippen molar-refractivity contribution in [2.24, 2.45) is 11.8 Å². The Morgan fingerprint density at radius 1 is 1.03 bits per heavy atom. The van der Waals surface area contributed by atoms with E-state index in [1.807, 2.05) is 23.6 Å². The molecule has 3 aliphatic heterocycles. The Morgan fingerprint density at radius 2 is 1.80 bits per heavy atom. The van der Waals surface area contributed by atoms with Crippen LogP contribution in [-0.4, -0.2) is 38.1 Å². The number of rotatable bonds is 4. The second-order valence-corrected chi connectivity index (χ2v) is 9.63. The predicted molar refractivity (Wildman–Crippen MR) is 127 cm³/mol. The van der Waals surface area contributed by atoms with Gasteiger partial charge in [-0.25, -0.2) is 9.69 Å². The number of anilines is 1. The van der Waals surface area contributed by atoms with Crippen LogP contribution in [0, 0.1) is 11.8 Å². The Bertz CT molecular complexity index is 1310. The third-order valence-electron chi connectivity index (χ3n) is 6.93. The van der Waals surface area contributed by atoms with Crippen LogP contribution < -0.4 is 19.7 Å². The molecule has 3 aromatic rings. The molecule has 0 bridgehead atoms. The fourth-order valence-corrected chi connectivity index (χ4v) is 6.30. The molecule has 8 nitrogen and oxygen atoms in total. The van der Waals surface area contributed by atoms with Crippen LogP contribution in [0.25, 0.3) is 0 Å².